The number of benzene rings is 1. The zero-order valence-electron chi connectivity index (χ0n) is 14.3. The van der Waals surface area contributed by atoms with Crippen LogP contribution in [0.3, 0.4) is 0 Å². The summed E-state index contributed by atoms with van der Waals surface area (Å²) in [5, 5.41) is 4.04. The van der Waals surface area contributed by atoms with Gasteiger partial charge in [0.2, 0.25) is 5.89 Å². The molecule has 0 fully saturated rings. The molecule has 0 amide bonds. The topological polar surface area (TPSA) is 45.4 Å². The van der Waals surface area contributed by atoms with Crippen LogP contribution in [0.15, 0.2) is 28.8 Å². The first kappa shape index (κ1) is 16.1. The van der Waals surface area contributed by atoms with E-state index in [1.165, 1.54) is 11.1 Å². The van der Waals surface area contributed by atoms with E-state index in [4.69, 9.17) is 4.52 Å². The lowest BCUT2D eigenvalue weighted by molar-refractivity contribution is 0.154. The molecule has 1 aliphatic heterocycles. The highest BCUT2D eigenvalue weighted by molar-refractivity contribution is 5.29. The van der Waals surface area contributed by atoms with Crippen LogP contribution in [0.1, 0.15) is 36.7 Å². The Kier molecular flexibility index (Phi) is 5.08. The van der Waals surface area contributed by atoms with Crippen molar-refractivity contribution in [1.82, 2.24) is 19.9 Å². The van der Waals surface area contributed by atoms with Crippen molar-refractivity contribution in [3.63, 3.8) is 0 Å². The maximum atomic E-state index is 5.19. The van der Waals surface area contributed by atoms with Crippen molar-refractivity contribution < 1.29 is 4.52 Å². The summed E-state index contributed by atoms with van der Waals surface area (Å²) < 4.78 is 5.19. The summed E-state index contributed by atoms with van der Waals surface area (Å²) >= 11 is 0. The van der Waals surface area contributed by atoms with E-state index in [-0.39, 0.29) is 0 Å². The minimum absolute atomic E-state index is 0.448. The van der Waals surface area contributed by atoms with E-state index in [1.54, 1.807) is 0 Å². The number of hydrogen-bond donors (Lipinski definition) is 0. The van der Waals surface area contributed by atoms with Gasteiger partial charge in [-0.1, -0.05) is 36.3 Å². The number of likely N-dealkylation sites (N-methyl/N-ethyl adjacent to an activating group) is 1. The van der Waals surface area contributed by atoms with Crippen LogP contribution < -0.4 is 0 Å². The molecular weight excluding hydrogens is 288 g/mol. The molecule has 2 aromatic rings. The van der Waals surface area contributed by atoms with Crippen LogP contribution in [0.25, 0.3) is 0 Å². The fourth-order valence-electron chi connectivity index (χ4n) is 3.10. The summed E-state index contributed by atoms with van der Waals surface area (Å²) in [5.74, 6) is 1.49. The molecule has 2 heterocycles. The summed E-state index contributed by atoms with van der Waals surface area (Å²) in [6, 6.07) is 9.23. The summed E-state index contributed by atoms with van der Waals surface area (Å²) in [7, 11) is 2.13. The van der Waals surface area contributed by atoms with E-state index in [9.17, 15) is 0 Å². The second-order valence-corrected chi connectivity index (χ2v) is 6.48. The number of hydrogen-bond acceptors (Lipinski definition) is 5. The molecule has 1 aromatic heterocycles. The fraction of sp³-hybridized carbons (Fsp3) is 0.556. The Labute approximate surface area is 138 Å². The Bertz CT molecular complexity index is 639. The number of fused-ring (bicyclic) bond motifs is 1. The predicted molar refractivity (Wildman–Crippen MR) is 90.0 cm³/mol. The highest BCUT2D eigenvalue weighted by Crippen LogP contribution is 2.19. The SMILES string of the molecule is CCc1nc(CN(C)[C@@H](C)CN2CCc3ccccc3C2)no1. The van der Waals surface area contributed by atoms with Gasteiger partial charge in [-0.3, -0.25) is 9.80 Å². The zero-order chi connectivity index (χ0) is 16.2. The third kappa shape index (κ3) is 3.98. The number of aryl methyl sites for hydroxylation is 1. The quantitative estimate of drug-likeness (QED) is 0.820. The Morgan fingerprint density at radius 3 is 2.83 bits per heavy atom. The molecule has 0 saturated carbocycles. The van der Waals surface area contributed by atoms with Crippen molar-refractivity contribution in [2.24, 2.45) is 0 Å². The van der Waals surface area contributed by atoms with Gasteiger partial charge in [-0.25, -0.2) is 0 Å². The minimum Gasteiger partial charge on any atom is -0.339 e. The van der Waals surface area contributed by atoms with Crippen LogP contribution in [0.4, 0.5) is 0 Å². The lowest BCUT2D eigenvalue weighted by Crippen LogP contribution is -2.42. The Morgan fingerprint density at radius 2 is 2.09 bits per heavy atom. The van der Waals surface area contributed by atoms with Crippen molar-refractivity contribution in [3.8, 4) is 0 Å². The van der Waals surface area contributed by atoms with Crippen molar-refractivity contribution in [3.05, 3.63) is 47.1 Å². The molecule has 1 aromatic carbocycles. The number of rotatable bonds is 6. The summed E-state index contributed by atoms with van der Waals surface area (Å²) in [4.78, 5) is 9.23. The van der Waals surface area contributed by atoms with Gasteiger partial charge in [0.1, 0.15) is 0 Å². The standard InChI is InChI=1S/C18H26N4O/c1-4-18-19-17(20-23-18)13-21(3)14(2)11-22-10-9-15-7-5-6-8-16(15)12-22/h5-8,14H,4,9-13H2,1-3H3/t14-/m0/s1. The molecule has 0 aliphatic carbocycles. The van der Waals surface area contributed by atoms with E-state index in [1.807, 2.05) is 6.92 Å². The van der Waals surface area contributed by atoms with Gasteiger partial charge in [0.15, 0.2) is 5.82 Å². The van der Waals surface area contributed by atoms with E-state index < -0.39 is 0 Å². The molecule has 0 saturated heterocycles. The van der Waals surface area contributed by atoms with Crippen LogP contribution in [0, 0.1) is 0 Å². The smallest absolute Gasteiger partial charge is 0.226 e. The molecule has 1 aliphatic rings. The van der Waals surface area contributed by atoms with Crippen molar-refractivity contribution in [2.45, 2.75) is 45.8 Å². The van der Waals surface area contributed by atoms with Gasteiger partial charge in [0, 0.05) is 32.1 Å². The van der Waals surface area contributed by atoms with Crippen molar-refractivity contribution in [1.29, 1.82) is 0 Å². The first-order valence-corrected chi connectivity index (χ1v) is 8.46. The molecule has 124 valence electrons. The molecule has 0 N–H and O–H groups in total. The van der Waals surface area contributed by atoms with Gasteiger partial charge < -0.3 is 4.52 Å². The van der Waals surface area contributed by atoms with Crippen LogP contribution in [-0.2, 0) is 25.9 Å². The molecule has 0 bridgehead atoms. The van der Waals surface area contributed by atoms with E-state index >= 15 is 0 Å². The van der Waals surface area contributed by atoms with Gasteiger partial charge >= 0.3 is 0 Å². The van der Waals surface area contributed by atoms with Gasteiger partial charge in [-0.05, 0) is 31.5 Å². The Morgan fingerprint density at radius 1 is 1.30 bits per heavy atom. The first-order chi connectivity index (χ1) is 11.2. The first-order valence-electron chi connectivity index (χ1n) is 8.46. The third-order valence-corrected chi connectivity index (χ3v) is 4.69. The van der Waals surface area contributed by atoms with Gasteiger partial charge in [-0.15, -0.1) is 0 Å². The Balaban J connectivity index is 1.53. The number of nitrogens with zero attached hydrogens (tertiary/aromatic N) is 4. The van der Waals surface area contributed by atoms with E-state index in [0.717, 1.165) is 44.8 Å². The normalized spacial score (nSPS) is 16.5. The van der Waals surface area contributed by atoms with Crippen LogP contribution >= 0.6 is 0 Å². The lowest BCUT2D eigenvalue weighted by atomic mass is 9.99. The molecular formula is C18H26N4O. The summed E-state index contributed by atoms with van der Waals surface area (Å²) in [6.07, 6.45) is 1.94. The summed E-state index contributed by atoms with van der Waals surface area (Å²) in [5.41, 5.74) is 2.98. The molecule has 3 rings (SSSR count). The van der Waals surface area contributed by atoms with Crippen molar-refractivity contribution in [2.75, 3.05) is 20.1 Å². The highest BCUT2D eigenvalue weighted by Gasteiger charge is 2.20. The average molecular weight is 314 g/mol. The molecule has 23 heavy (non-hydrogen) atoms. The van der Waals surface area contributed by atoms with Gasteiger partial charge in [0.25, 0.3) is 0 Å². The van der Waals surface area contributed by atoms with Crippen LogP contribution in [0.5, 0.6) is 0 Å². The molecule has 5 nitrogen and oxygen atoms in total. The molecule has 1 atom stereocenters. The van der Waals surface area contributed by atoms with Gasteiger partial charge in [0.05, 0.1) is 6.54 Å². The van der Waals surface area contributed by atoms with Gasteiger partial charge in [-0.2, -0.15) is 4.98 Å². The molecule has 0 unspecified atom stereocenters. The zero-order valence-corrected chi connectivity index (χ0v) is 14.3. The van der Waals surface area contributed by atoms with E-state index in [0.29, 0.717) is 11.9 Å². The highest BCUT2D eigenvalue weighted by atomic mass is 16.5. The largest absolute Gasteiger partial charge is 0.339 e. The minimum atomic E-state index is 0.448. The van der Waals surface area contributed by atoms with Crippen LogP contribution in [0.2, 0.25) is 0 Å². The predicted octanol–water partition coefficient (Wildman–Crippen LogP) is 2.51. The van der Waals surface area contributed by atoms with Crippen molar-refractivity contribution >= 4 is 0 Å². The molecule has 5 heteroatoms. The molecule has 0 spiro atoms. The third-order valence-electron chi connectivity index (χ3n) is 4.69. The monoisotopic (exact) mass is 314 g/mol. The van der Waals surface area contributed by atoms with E-state index in [2.05, 4.69) is 58.2 Å². The fourth-order valence-corrected chi connectivity index (χ4v) is 3.10. The maximum absolute atomic E-state index is 5.19. The summed E-state index contributed by atoms with van der Waals surface area (Å²) in [6.45, 7) is 8.27. The van der Waals surface area contributed by atoms with Crippen LogP contribution in [-0.4, -0.2) is 46.1 Å². The second-order valence-electron chi connectivity index (χ2n) is 6.48. The number of aromatic nitrogens is 2. The molecule has 0 radical (unpaired) electrons. The lowest BCUT2D eigenvalue weighted by Gasteiger charge is -2.33. The maximum Gasteiger partial charge on any atom is 0.226 e. The Hall–Kier alpha value is -1.72. The second kappa shape index (κ2) is 7.23. The average Bonchev–Trinajstić information content (AvgIpc) is 3.02.